The molecule has 2 rings (SSSR count). The van der Waals surface area contributed by atoms with E-state index in [4.69, 9.17) is 9.47 Å². The summed E-state index contributed by atoms with van der Waals surface area (Å²) in [5.74, 6) is 1.05. The van der Waals surface area contributed by atoms with Crippen LogP contribution in [0.5, 0.6) is 5.75 Å². The molecule has 0 spiro atoms. The molecule has 0 saturated carbocycles. The van der Waals surface area contributed by atoms with E-state index in [1.807, 2.05) is 0 Å². The molecule has 1 heterocycles. The molecule has 1 fully saturated rings. The Kier molecular flexibility index (Phi) is 5.44. The van der Waals surface area contributed by atoms with Crippen molar-refractivity contribution in [1.82, 2.24) is 4.90 Å². The van der Waals surface area contributed by atoms with Gasteiger partial charge in [0.05, 0.1) is 18.8 Å². The van der Waals surface area contributed by atoms with E-state index < -0.39 is 0 Å². The summed E-state index contributed by atoms with van der Waals surface area (Å²) < 4.78 is 11.7. The van der Waals surface area contributed by atoms with Crippen molar-refractivity contribution in [2.24, 2.45) is 0 Å². The Morgan fingerprint density at radius 1 is 1.15 bits per heavy atom. The Morgan fingerprint density at radius 2 is 1.75 bits per heavy atom. The summed E-state index contributed by atoms with van der Waals surface area (Å²) in [6, 6.07) is 6.29. The molecule has 3 nitrogen and oxygen atoms in total. The minimum Gasteiger partial charge on any atom is -0.493 e. The lowest BCUT2D eigenvalue weighted by atomic mass is 10.1. The lowest BCUT2D eigenvalue weighted by Crippen LogP contribution is -2.45. The Bertz CT molecular complexity index is 403. The van der Waals surface area contributed by atoms with E-state index in [-0.39, 0.29) is 0 Å². The first-order chi connectivity index (χ1) is 9.56. The monoisotopic (exact) mass is 277 g/mol. The number of ether oxygens (including phenoxy) is 2. The van der Waals surface area contributed by atoms with Crippen LogP contribution in [0.1, 0.15) is 31.4 Å². The highest BCUT2D eigenvalue weighted by molar-refractivity contribution is 5.39. The van der Waals surface area contributed by atoms with E-state index in [2.05, 4.69) is 50.8 Å². The maximum atomic E-state index is 5.95. The average molecular weight is 277 g/mol. The highest BCUT2D eigenvalue weighted by Gasteiger charge is 2.21. The molecule has 2 unspecified atom stereocenters. The van der Waals surface area contributed by atoms with Gasteiger partial charge >= 0.3 is 0 Å². The van der Waals surface area contributed by atoms with Crippen molar-refractivity contribution in [1.29, 1.82) is 0 Å². The van der Waals surface area contributed by atoms with Crippen molar-refractivity contribution in [2.45, 2.75) is 46.3 Å². The van der Waals surface area contributed by atoms with Crippen molar-refractivity contribution in [2.75, 3.05) is 26.2 Å². The molecule has 0 radical (unpaired) electrons. The van der Waals surface area contributed by atoms with Gasteiger partial charge in [-0.1, -0.05) is 18.2 Å². The second-order valence-electron chi connectivity index (χ2n) is 5.94. The van der Waals surface area contributed by atoms with Gasteiger partial charge in [-0.3, -0.25) is 4.90 Å². The quantitative estimate of drug-likeness (QED) is 0.772. The van der Waals surface area contributed by atoms with Crippen molar-refractivity contribution in [3.63, 3.8) is 0 Å². The van der Waals surface area contributed by atoms with Crippen molar-refractivity contribution >= 4 is 0 Å². The standard InChI is InChI=1S/C17H27NO2/c1-13-7-5-8-14(2)17(13)19-10-6-9-18-11-15(3)20-16(4)12-18/h5,7-8,15-16H,6,9-12H2,1-4H3. The first-order valence-electron chi connectivity index (χ1n) is 7.63. The molecule has 1 aromatic carbocycles. The van der Waals surface area contributed by atoms with Gasteiger partial charge in [-0.15, -0.1) is 0 Å². The molecule has 1 saturated heterocycles. The summed E-state index contributed by atoms with van der Waals surface area (Å²) in [5, 5.41) is 0. The maximum Gasteiger partial charge on any atom is 0.125 e. The van der Waals surface area contributed by atoms with E-state index in [1.165, 1.54) is 11.1 Å². The molecule has 3 heteroatoms. The third-order valence-corrected chi connectivity index (χ3v) is 3.77. The van der Waals surface area contributed by atoms with Crippen LogP contribution in [0.4, 0.5) is 0 Å². The van der Waals surface area contributed by atoms with Gasteiger partial charge in [0.25, 0.3) is 0 Å². The molecular formula is C17H27NO2. The molecule has 0 bridgehead atoms. The van der Waals surface area contributed by atoms with Gasteiger partial charge in [-0.25, -0.2) is 0 Å². The van der Waals surface area contributed by atoms with Gasteiger partial charge < -0.3 is 9.47 Å². The van der Waals surface area contributed by atoms with E-state index in [0.717, 1.165) is 38.4 Å². The van der Waals surface area contributed by atoms with E-state index >= 15 is 0 Å². The third-order valence-electron chi connectivity index (χ3n) is 3.77. The molecular weight excluding hydrogens is 250 g/mol. The van der Waals surface area contributed by atoms with Crippen LogP contribution < -0.4 is 4.74 Å². The number of benzene rings is 1. The Balaban J connectivity index is 1.74. The largest absolute Gasteiger partial charge is 0.493 e. The van der Waals surface area contributed by atoms with E-state index in [9.17, 15) is 0 Å². The van der Waals surface area contributed by atoms with Gasteiger partial charge in [0, 0.05) is 19.6 Å². The fraction of sp³-hybridized carbons (Fsp3) is 0.647. The molecule has 0 N–H and O–H groups in total. The second kappa shape index (κ2) is 7.09. The highest BCUT2D eigenvalue weighted by Crippen LogP contribution is 2.22. The first-order valence-corrected chi connectivity index (χ1v) is 7.63. The summed E-state index contributed by atoms with van der Waals surface area (Å²) in [5.41, 5.74) is 2.44. The second-order valence-corrected chi connectivity index (χ2v) is 5.94. The number of nitrogens with zero attached hydrogens (tertiary/aromatic N) is 1. The predicted molar refractivity (Wildman–Crippen MR) is 82.5 cm³/mol. The zero-order chi connectivity index (χ0) is 14.5. The predicted octanol–water partition coefficient (Wildman–Crippen LogP) is 3.18. The summed E-state index contributed by atoms with van der Waals surface area (Å²) >= 11 is 0. The number of para-hydroxylation sites is 1. The normalized spacial score (nSPS) is 23.8. The Labute approximate surface area is 122 Å². The molecule has 2 atom stereocenters. The van der Waals surface area contributed by atoms with Crippen LogP contribution in [0.25, 0.3) is 0 Å². The van der Waals surface area contributed by atoms with Crippen LogP contribution in [0.3, 0.4) is 0 Å². The smallest absolute Gasteiger partial charge is 0.125 e. The molecule has 1 aliphatic heterocycles. The molecule has 1 aliphatic rings. The molecule has 0 amide bonds. The lowest BCUT2D eigenvalue weighted by molar-refractivity contribution is -0.0686. The first kappa shape index (κ1) is 15.3. The van der Waals surface area contributed by atoms with Crippen molar-refractivity contribution in [3.05, 3.63) is 29.3 Å². The number of rotatable bonds is 5. The number of hydrogen-bond donors (Lipinski definition) is 0. The van der Waals surface area contributed by atoms with Gasteiger partial charge in [-0.2, -0.15) is 0 Å². The molecule has 0 aliphatic carbocycles. The van der Waals surface area contributed by atoms with Crippen LogP contribution >= 0.6 is 0 Å². The van der Waals surface area contributed by atoms with Crippen LogP contribution in [0, 0.1) is 13.8 Å². The summed E-state index contributed by atoms with van der Waals surface area (Å²) in [6.45, 7) is 12.4. The Morgan fingerprint density at radius 3 is 2.35 bits per heavy atom. The van der Waals surface area contributed by atoms with Crippen LogP contribution in [0.15, 0.2) is 18.2 Å². The van der Waals surface area contributed by atoms with E-state index in [1.54, 1.807) is 0 Å². The molecule has 20 heavy (non-hydrogen) atoms. The fourth-order valence-corrected chi connectivity index (χ4v) is 2.96. The molecule has 112 valence electrons. The average Bonchev–Trinajstić information content (AvgIpc) is 2.36. The van der Waals surface area contributed by atoms with Crippen molar-refractivity contribution < 1.29 is 9.47 Å². The minimum atomic E-state index is 0.346. The number of aryl methyl sites for hydroxylation is 2. The minimum absolute atomic E-state index is 0.346. The van der Waals surface area contributed by atoms with Gasteiger partial charge in [0.15, 0.2) is 0 Å². The molecule has 0 aromatic heterocycles. The highest BCUT2D eigenvalue weighted by atomic mass is 16.5. The maximum absolute atomic E-state index is 5.95. The van der Waals surface area contributed by atoms with Gasteiger partial charge in [0.2, 0.25) is 0 Å². The van der Waals surface area contributed by atoms with Gasteiger partial charge in [-0.05, 0) is 45.2 Å². The number of morpholine rings is 1. The Hall–Kier alpha value is -1.06. The summed E-state index contributed by atoms with van der Waals surface area (Å²) in [7, 11) is 0. The van der Waals surface area contributed by atoms with E-state index in [0.29, 0.717) is 12.2 Å². The number of hydrogen-bond acceptors (Lipinski definition) is 3. The van der Waals surface area contributed by atoms with Gasteiger partial charge in [0.1, 0.15) is 5.75 Å². The van der Waals surface area contributed by atoms with Crippen LogP contribution in [-0.2, 0) is 4.74 Å². The van der Waals surface area contributed by atoms with Crippen LogP contribution in [0.2, 0.25) is 0 Å². The van der Waals surface area contributed by atoms with Crippen LogP contribution in [-0.4, -0.2) is 43.3 Å². The summed E-state index contributed by atoms with van der Waals surface area (Å²) in [6.07, 6.45) is 1.75. The topological polar surface area (TPSA) is 21.7 Å². The third kappa shape index (κ3) is 4.22. The zero-order valence-electron chi connectivity index (χ0n) is 13.2. The zero-order valence-corrected chi connectivity index (χ0v) is 13.2. The molecule has 1 aromatic rings. The van der Waals surface area contributed by atoms with Crippen molar-refractivity contribution in [3.8, 4) is 5.75 Å². The summed E-state index contributed by atoms with van der Waals surface area (Å²) in [4.78, 5) is 2.48. The lowest BCUT2D eigenvalue weighted by Gasteiger charge is -2.35. The SMILES string of the molecule is Cc1cccc(C)c1OCCCN1CC(C)OC(C)C1. The fourth-order valence-electron chi connectivity index (χ4n) is 2.96.